The molecule has 0 aromatic rings. The molecule has 0 saturated heterocycles. The molecule has 1 N–H and O–H groups in total. The lowest BCUT2D eigenvalue weighted by molar-refractivity contribution is -0.0681. The topological polar surface area (TPSA) is 47.9 Å². The average molecular weight is 408 g/mol. The normalized spacial score (nSPS) is 16.8. The molecule has 0 aromatic heterocycles. The molecule has 7 heteroatoms. The number of aliphatic hydroxyl groups excluding tert-OH is 1. The summed E-state index contributed by atoms with van der Waals surface area (Å²) in [6.07, 6.45) is 3.62. The molecule has 146 valence electrons. The van der Waals surface area contributed by atoms with Crippen LogP contribution in [0.4, 0.5) is 0 Å². The molecule has 0 saturated carbocycles. The fourth-order valence-corrected chi connectivity index (χ4v) is 2.45. The Morgan fingerprint density at radius 2 is 1.50 bits per heavy atom. The largest absolute Gasteiger partial charge is 0.389 e. The van der Waals surface area contributed by atoms with E-state index in [4.69, 9.17) is 49.0 Å². The Labute approximate surface area is 162 Å². The lowest BCUT2D eigenvalue weighted by Crippen LogP contribution is -2.31. The van der Waals surface area contributed by atoms with Gasteiger partial charge < -0.3 is 19.3 Å². The van der Waals surface area contributed by atoms with Gasteiger partial charge in [-0.05, 0) is 12.3 Å². The van der Waals surface area contributed by atoms with Crippen molar-refractivity contribution in [3.63, 3.8) is 0 Å². The quantitative estimate of drug-likeness (QED) is 0.292. The van der Waals surface area contributed by atoms with Crippen molar-refractivity contribution in [1.29, 1.82) is 0 Å². The van der Waals surface area contributed by atoms with Gasteiger partial charge in [-0.2, -0.15) is 0 Å². The minimum Gasteiger partial charge on any atom is -0.389 e. The van der Waals surface area contributed by atoms with Crippen molar-refractivity contribution >= 4 is 34.8 Å². The number of alkyl halides is 3. The van der Waals surface area contributed by atoms with E-state index in [0.29, 0.717) is 25.0 Å². The SMILES string of the molecule is CCCCC(C)CCOCC(CCl)OCC(CCl)OCC(O)CCl. The summed E-state index contributed by atoms with van der Waals surface area (Å²) in [5.41, 5.74) is 0. The van der Waals surface area contributed by atoms with Crippen molar-refractivity contribution in [2.45, 2.75) is 57.8 Å². The summed E-state index contributed by atoms with van der Waals surface area (Å²) >= 11 is 17.3. The maximum atomic E-state index is 9.39. The molecule has 0 radical (unpaired) electrons. The Kier molecular flexibility index (Phi) is 17.6. The van der Waals surface area contributed by atoms with Crippen LogP contribution in [-0.4, -0.2) is 67.5 Å². The van der Waals surface area contributed by atoms with Crippen LogP contribution in [0.25, 0.3) is 0 Å². The van der Waals surface area contributed by atoms with Gasteiger partial charge in [0.2, 0.25) is 0 Å². The van der Waals surface area contributed by atoms with Crippen LogP contribution in [0.3, 0.4) is 0 Å². The zero-order chi connectivity index (χ0) is 18.2. The minimum absolute atomic E-state index is 0.130. The molecular formula is C17H33Cl3O4. The third-order valence-electron chi connectivity index (χ3n) is 3.67. The predicted molar refractivity (Wildman–Crippen MR) is 102 cm³/mol. The van der Waals surface area contributed by atoms with E-state index >= 15 is 0 Å². The van der Waals surface area contributed by atoms with E-state index in [2.05, 4.69) is 13.8 Å². The van der Waals surface area contributed by atoms with Gasteiger partial charge in [0.05, 0.1) is 55.8 Å². The molecule has 0 aliphatic rings. The Balaban J connectivity index is 3.84. The first-order chi connectivity index (χ1) is 11.6. The summed E-state index contributed by atoms with van der Waals surface area (Å²) in [4.78, 5) is 0. The first-order valence-corrected chi connectivity index (χ1v) is 10.3. The number of hydrogen-bond acceptors (Lipinski definition) is 4. The molecule has 24 heavy (non-hydrogen) atoms. The summed E-state index contributed by atoms with van der Waals surface area (Å²) < 4.78 is 16.8. The van der Waals surface area contributed by atoms with E-state index in [1.165, 1.54) is 19.3 Å². The molecule has 4 atom stereocenters. The van der Waals surface area contributed by atoms with Crippen LogP contribution in [0.15, 0.2) is 0 Å². The van der Waals surface area contributed by atoms with Gasteiger partial charge in [-0.15, -0.1) is 34.8 Å². The zero-order valence-electron chi connectivity index (χ0n) is 14.9. The molecule has 0 spiro atoms. The Hall–Kier alpha value is 0.710. The van der Waals surface area contributed by atoms with Crippen LogP contribution in [0.5, 0.6) is 0 Å². The number of ether oxygens (including phenoxy) is 3. The van der Waals surface area contributed by atoms with Gasteiger partial charge in [-0.3, -0.25) is 0 Å². The Morgan fingerprint density at radius 1 is 0.875 bits per heavy atom. The Bertz CT molecular complexity index is 272. The third kappa shape index (κ3) is 13.9. The molecule has 0 aromatic carbocycles. The van der Waals surface area contributed by atoms with Gasteiger partial charge >= 0.3 is 0 Å². The molecule has 0 bridgehead atoms. The fourth-order valence-electron chi connectivity index (χ4n) is 2.01. The summed E-state index contributed by atoms with van der Waals surface area (Å²) in [5, 5.41) is 9.39. The van der Waals surface area contributed by atoms with Crippen LogP contribution in [0.1, 0.15) is 39.5 Å². The molecule has 0 amide bonds. The number of halogens is 3. The van der Waals surface area contributed by atoms with E-state index in [1.807, 2.05) is 0 Å². The van der Waals surface area contributed by atoms with E-state index < -0.39 is 6.10 Å². The zero-order valence-corrected chi connectivity index (χ0v) is 17.2. The highest BCUT2D eigenvalue weighted by molar-refractivity contribution is 6.18. The molecule has 0 fully saturated rings. The van der Waals surface area contributed by atoms with Gasteiger partial charge in [-0.1, -0.05) is 33.1 Å². The van der Waals surface area contributed by atoms with Gasteiger partial charge in [0.15, 0.2) is 0 Å². The molecule has 0 aliphatic heterocycles. The van der Waals surface area contributed by atoms with Crippen molar-refractivity contribution in [1.82, 2.24) is 0 Å². The monoisotopic (exact) mass is 406 g/mol. The van der Waals surface area contributed by atoms with Crippen molar-refractivity contribution in [3.05, 3.63) is 0 Å². The number of hydrogen-bond donors (Lipinski definition) is 1. The fraction of sp³-hybridized carbons (Fsp3) is 1.00. The lowest BCUT2D eigenvalue weighted by atomic mass is 10.0. The van der Waals surface area contributed by atoms with Crippen LogP contribution in [-0.2, 0) is 14.2 Å². The van der Waals surface area contributed by atoms with Gasteiger partial charge in [0.25, 0.3) is 0 Å². The van der Waals surface area contributed by atoms with Gasteiger partial charge in [0.1, 0.15) is 0 Å². The van der Waals surface area contributed by atoms with Crippen molar-refractivity contribution in [3.8, 4) is 0 Å². The van der Waals surface area contributed by atoms with E-state index in [0.717, 1.165) is 13.0 Å². The minimum atomic E-state index is -0.695. The summed E-state index contributed by atoms with van der Waals surface area (Å²) in [6.45, 7) is 6.10. The second kappa shape index (κ2) is 17.1. The van der Waals surface area contributed by atoms with Crippen LogP contribution in [0.2, 0.25) is 0 Å². The summed E-state index contributed by atoms with van der Waals surface area (Å²) in [5.74, 6) is 1.44. The molecular weight excluding hydrogens is 375 g/mol. The number of aliphatic hydroxyl groups is 1. The van der Waals surface area contributed by atoms with Crippen LogP contribution < -0.4 is 0 Å². The smallest absolute Gasteiger partial charge is 0.0944 e. The highest BCUT2D eigenvalue weighted by Crippen LogP contribution is 2.12. The first kappa shape index (κ1) is 24.7. The summed E-state index contributed by atoms with van der Waals surface area (Å²) in [7, 11) is 0. The number of unbranched alkanes of at least 4 members (excludes halogenated alkanes) is 1. The first-order valence-electron chi connectivity index (χ1n) is 8.74. The van der Waals surface area contributed by atoms with Crippen LogP contribution in [0, 0.1) is 5.92 Å². The average Bonchev–Trinajstić information content (AvgIpc) is 2.61. The molecule has 0 heterocycles. The van der Waals surface area contributed by atoms with Gasteiger partial charge in [0, 0.05) is 6.61 Å². The van der Waals surface area contributed by atoms with E-state index in [9.17, 15) is 5.11 Å². The summed E-state index contributed by atoms with van der Waals surface area (Å²) in [6, 6.07) is 0. The number of rotatable bonds is 17. The van der Waals surface area contributed by atoms with E-state index in [-0.39, 0.29) is 30.6 Å². The molecule has 0 rings (SSSR count). The maximum Gasteiger partial charge on any atom is 0.0944 e. The molecule has 0 aliphatic carbocycles. The predicted octanol–water partition coefficient (Wildman–Crippen LogP) is 4.07. The standard InChI is InChI=1S/C17H33Cl3O4/c1-3-4-5-14(2)6-7-22-12-16(9-19)24-13-17(10-20)23-11-15(21)8-18/h14-17,21H,3-13H2,1-2H3. The highest BCUT2D eigenvalue weighted by Gasteiger charge is 2.15. The van der Waals surface area contributed by atoms with Crippen LogP contribution >= 0.6 is 34.8 Å². The maximum absolute atomic E-state index is 9.39. The second-order valence-electron chi connectivity index (χ2n) is 6.14. The van der Waals surface area contributed by atoms with E-state index in [1.54, 1.807) is 0 Å². The highest BCUT2D eigenvalue weighted by atomic mass is 35.5. The van der Waals surface area contributed by atoms with Crippen molar-refractivity contribution in [2.24, 2.45) is 5.92 Å². The molecule has 4 nitrogen and oxygen atoms in total. The molecule has 4 unspecified atom stereocenters. The van der Waals surface area contributed by atoms with Crippen molar-refractivity contribution < 1.29 is 19.3 Å². The Morgan fingerprint density at radius 3 is 2.08 bits per heavy atom. The van der Waals surface area contributed by atoms with Crippen molar-refractivity contribution in [2.75, 3.05) is 44.1 Å². The third-order valence-corrected chi connectivity index (χ3v) is 4.72. The lowest BCUT2D eigenvalue weighted by Gasteiger charge is -2.21. The second-order valence-corrected chi connectivity index (χ2v) is 7.06. The van der Waals surface area contributed by atoms with Gasteiger partial charge in [-0.25, -0.2) is 0 Å².